The molecule has 2 aliphatic carbocycles. The molecule has 0 aliphatic heterocycles. The Labute approximate surface area is 122 Å². The summed E-state index contributed by atoms with van der Waals surface area (Å²) in [5.41, 5.74) is 7.47. The lowest BCUT2D eigenvalue weighted by atomic mass is 10.0. The molecule has 2 aliphatic rings. The molecule has 2 atom stereocenters. The lowest BCUT2D eigenvalue weighted by molar-refractivity contribution is -0.120. The second-order valence-corrected chi connectivity index (χ2v) is 6.65. The molecule has 0 saturated heterocycles. The number of halogens is 1. The van der Waals surface area contributed by atoms with Gasteiger partial charge in [0.1, 0.15) is 0 Å². The second kappa shape index (κ2) is 4.82. The van der Waals surface area contributed by atoms with Crippen LogP contribution in [0, 0.1) is 17.8 Å². The third kappa shape index (κ3) is 2.27. The molecule has 3 nitrogen and oxygen atoms in total. The lowest BCUT2D eigenvalue weighted by Gasteiger charge is -2.19. The average molecular weight is 323 g/mol. The Morgan fingerprint density at radius 1 is 1.32 bits per heavy atom. The van der Waals surface area contributed by atoms with E-state index < -0.39 is 0 Å². The molecule has 2 saturated carbocycles. The van der Waals surface area contributed by atoms with Crippen LogP contribution in [0.15, 0.2) is 22.7 Å². The van der Waals surface area contributed by atoms with E-state index in [4.69, 9.17) is 5.73 Å². The summed E-state index contributed by atoms with van der Waals surface area (Å²) in [6.07, 6.45) is 5.03. The highest BCUT2D eigenvalue weighted by Gasteiger charge is 2.55. The standard InChI is InChI=1S/C15H19BrN2O/c1-18(13-7-6-9(16)8-12(13)17)15(19)14-10-4-2-3-5-11(10)14/h6-8,10-11,14H,2-5,17H2,1H3. The SMILES string of the molecule is CN(C(=O)C1C2CCCCC21)c1ccc(Br)cc1N. The van der Waals surface area contributed by atoms with Gasteiger partial charge in [0.05, 0.1) is 11.4 Å². The van der Waals surface area contributed by atoms with Crippen molar-refractivity contribution in [1.82, 2.24) is 0 Å². The number of carbonyl (C=O) groups excluding carboxylic acids is 1. The predicted molar refractivity (Wildman–Crippen MR) is 80.9 cm³/mol. The molecule has 0 heterocycles. The first-order valence-corrected chi connectivity index (χ1v) is 7.71. The van der Waals surface area contributed by atoms with Gasteiger partial charge in [-0.3, -0.25) is 4.79 Å². The highest BCUT2D eigenvalue weighted by atomic mass is 79.9. The van der Waals surface area contributed by atoms with E-state index in [0.717, 1.165) is 10.2 Å². The molecule has 1 amide bonds. The Balaban J connectivity index is 1.76. The monoisotopic (exact) mass is 322 g/mol. The molecule has 4 heteroatoms. The van der Waals surface area contributed by atoms with Crippen molar-refractivity contribution in [2.75, 3.05) is 17.7 Å². The van der Waals surface area contributed by atoms with E-state index in [-0.39, 0.29) is 11.8 Å². The van der Waals surface area contributed by atoms with Crippen molar-refractivity contribution in [3.05, 3.63) is 22.7 Å². The largest absolute Gasteiger partial charge is 0.397 e. The van der Waals surface area contributed by atoms with Gasteiger partial charge in [0.15, 0.2) is 0 Å². The number of nitrogens with zero attached hydrogens (tertiary/aromatic N) is 1. The summed E-state index contributed by atoms with van der Waals surface area (Å²) in [6.45, 7) is 0. The third-order valence-electron chi connectivity index (χ3n) is 4.62. The van der Waals surface area contributed by atoms with Crippen LogP contribution in [0.4, 0.5) is 11.4 Å². The smallest absolute Gasteiger partial charge is 0.230 e. The average Bonchev–Trinajstić information content (AvgIpc) is 3.11. The van der Waals surface area contributed by atoms with Crippen molar-refractivity contribution in [3.63, 3.8) is 0 Å². The van der Waals surface area contributed by atoms with Crippen LogP contribution >= 0.6 is 15.9 Å². The summed E-state index contributed by atoms with van der Waals surface area (Å²) in [5.74, 6) is 1.77. The maximum atomic E-state index is 12.6. The second-order valence-electron chi connectivity index (χ2n) is 5.74. The van der Waals surface area contributed by atoms with Crippen LogP contribution in [0.1, 0.15) is 25.7 Å². The van der Waals surface area contributed by atoms with Crippen LogP contribution in [-0.4, -0.2) is 13.0 Å². The molecule has 0 spiro atoms. The predicted octanol–water partition coefficient (Wildman–Crippen LogP) is 3.43. The first-order valence-electron chi connectivity index (χ1n) is 6.92. The number of amides is 1. The quantitative estimate of drug-likeness (QED) is 0.848. The Morgan fingerprint density at radius 3 is 2.53 bits per heavy atom. The van der Waals surface area contributed by atoms with Crippen molar-refractivity contribution in [2.24, 2.45) is 17.8 Å². The third-order valence-corrected chi connectivity index (χ3v) is 5.12. The molecule has 0 radical (unpaired) electrons. The Morgan fingerprint density at radius 2 is 1.95 bits per heavy atom. The van der Waals surface area contributed by atoms with Crippen LogP contribution in [0.3, 0.4) is 0 Å². The van der Waals surface area contributed by atoms with E-state index in [9.17, 15) is 4.79 Å². The summed E-state index contributed by atoms with van der Waals surface area (Å²) < 4.78 is 0.940. The van der Waals surface area contributed by atoms with Crippen LogP contribution in [0.2, 0.25) is 0 Å². The van der Waals surface area contributed by atoms with Crippen LogP contribution < -0.4 is 10.6 Å². The van der Waals surface area contributed by atoms with Crippen molar-refractivity contribution >= 4 is 33.2 Å². The van der Waals surface area contributed by atoms with Gasteiger partial charge < -0.3 is 10.6 Å². The molecule has 19 heavy (non-hydrogen) atoms. The van der Waals surface area contributed by atoms with Gasteiger partial charge in [-0.1, -0.05) is 28.8 Å². The summed E-state index contributed by atoms with van der Waals surface area (Å²) in [7, 11) is 1.84. The number of benzene rings is 1. The first-order chi connectivity index (χ1) is 9.09. The molecule has 3 rings (SSSR count). The number of fused-ring (bicyclic) bond motifs is 1. The van der Waals surface area contributed by atoms with E-state index in [0.29, 0.717) is 17.5 Å². The van der Waals surface area contributed by atoms with Gasteiger partial charge in [-0.2, -0.15) is 0 Å². The zero-order chi connectivity index (χ0) is 13.6. The minimum Gasteiger partial charge on any atom is -0.397 e. The molecule has 0 bridgehead atoms. The fourth-order valence-corrected chi connectivity index (χ4v) is 3.91. The fourth-order valence-electron chi connectivity index (χ4n) is 3.53. The van der Waals surface area contributed by atoms with E-state index in [1.807, 2.05) is 25.2 Å². The number of hydrogen-bond donors (Lipinski definition) is 1. The van der Waals surface area contributed by atoms with Gasteiger partial charge in [-0.25, -0.2) is 0 Å². The number of nitrogens with two attached hydrogens (primary N) is 1. The molecule has 1 aromatic carbocycles. The van der Waals surface area contributed by atoms with E-state index in [2.05, 4.69) is 15.9 Å². The molecule has 0 aromatic heterocycles. The molecular formula is C15H19BrN2O. The van der Waals surface area contributed by atoms with Gasteiger partial charge in [0.25, 0.3) is 0 Å². The maximum Gasteiger partial charge on any atom is 0.230 e. The highest BCUT2D eigenvalue weighted by Crippen LogP contribution is 2.56. The van der Waals surface area contributed by atoms with Crippen LogP contribution in [0.25, 0.3) is 0 Å². The Kier molecular flexibility index (Phi) is 3.29. The summed E-state index contributed by atoms with van der Waals surface area (Å²) in [4.78, 5) is 14.3. The molecule has 1 aromatic rings. The molecule has 102 valence electrons. The first kappa shape index (κ1) is 13.0. The number of carbonyl (C=O) groups is 1. The number of nitrogen functional groups attached to an aromatic ring is 1. The van der Waals surface area contributed by atoms with E-state index >= 15 is 0 Å². The van der Waals surface area contributed by atoms with Crippen molar-refractivity contribution < 1.29 is 4.79 Å². The lowest BCUT2D eigenvalue weighted by Crippen LogP contribution is -2.29. The number of rotatable bonds is 2. The van der Waals surface area contributed by atoms with Crippen molar-refractivity contribution in [2.45, 2.75) is 25.7 Å². The number of anilines is 2. The highest BCUT2D eigenvalue weighted by molar-refractivity contribution is 9.10. The number of hydrogen-bond acceptors (Lipinski definition) is 2. The van der Waals surface area contributed by atoms with E-state index in [1.165, 1.54) is 25.7 Å². The zero-order valence-electron chi connectivity index (χ0n) is 11.1. The van der Waals surface area contributed by atoms with Crippen molar-refractivity contribution in [3.8, 4) is 0 Å². The van der Waals surface area contributed by atoms with Crippen LogP contribution in [0.5, 0.6) is 0 Å². The minimum atomic E-state index is 0.242. The Hall–Kier alpha value is -1.03. The topological polar surface area (TPSA) is 46.3 Å². The Bertz CT molecular complexity index is 505. The van der Waals surface area contributed by atoms with Gasteiger partial charge in [0.2, 0.25) is 5.91 Å². The zero-order valence-corrected chi connectivity index (χ0v) is 12.7. The summed E-state index contributed by atoms with van der Waals surface area (Å²) >= 11 is 3.39. The summed E-state index contributed by atoms with van der Waals surface area (Å²) in [6, 6.07) is 5.68. The fraction of sp³-hybridized carbons (Fsp3) is 0.533. The van der Waals surface area contributed by atoms with Gasteiger partial charge >= 0.3 is 0 Å². The van der Waals surface area contributed by atoms with E-state index in [1.54, 1.807) is 4.90 Å². The molecule has 2 N–H and O–H groups in total. The van der Waals surface area contributed by atoms with Crippen molar-refractivity contribution in [1.29, 1.82) is 0 Å². The normalized spacial score (nSPS) is 28.6. The van der Waals surface area contributed by atoms with Gasteiger partial charge in [-0.05, 0) is 42.9 Å². The maximum absolute atomic E-state index is 12.6. The van der Waals surface area contributed by atoms with Crippen LogP contribution in [-0.2, 0) is 4.79 Å². The van der Waals surface area contributed by atoms with Gasteiger partial charge in [0, 0.05) is 17.4 Å². The molecular weight excluding hydrogens is 304 g/mol. The minimum absolute atomic E-state index is 0.242. The van der Waals surface area contributed by atoms with Gasteiger partial charge in [-0.15, -0.1) is 0 Å². The summed E-state index contributed by atoms with van der Waals surface area (Å²) in [5, 5.41) is 0. The molecule has 2 unspecified atom stereocenters. The molecule has 2 fully saturated rings.